The van der Waals surface area contributed by atoms with Crippen molar-refractivity contribution >= 4 is 26.9 Å². The SMILES string of the molecule is CCCNC(c1cc2cc(OC)cc(Br)c2o1)C1CC1. The lowest BCUT2D eigenvalue weighted by Gasteiger charge is -2.14. The van der Waals surface area contributed by atoms with Crippen LogP contribution in [0.1, 0.15) is 38.0 Å². The summed E-state index contributed by atoms with van der Waals surface area (Å²) in [5.41, 5.74) is 0.907. The van der Waals surface area contributed by atoms with Gasteiger partial charge in [0.05, 0.1) is 17.6 Å². The van der Waals surface area contributed by atoms with Gasteiger partial charge in [-0.1, -0.05) is 6.92 Å². The van der Waals surface area contributed by atoms with Crippen LogP contribution in [0.25, 0.3) is 11.0 Å². The summed E-state index contributed by atoms with van der Waals surface area (Å²) in [6, 6.07) is 6.46. The van der Waals surface area contributed by atoms with Gasteiger partial charge in [-0.25, -0.2) is 0 Å². The summed E-state index contributed by atoms with van der Waals surface area (Å²) in [6.07, 6.45) is 3.73. The van der Waals surface area contributed by atoms with Crippen molar-refractivity contribution in [2.45, 2.75) is 32.2 Å². The van der Waals surface area contributed by atoms with Gasteiger partial charge in [0, 0.05) is 5.39 Å². The molecule has 2 aromatic rings. The monoisotopic (exact) mass is 337 g/mol. The van der Waals surface area contributed by atoms with Gasteiger partial charge in [-0.15, -0.1) is 0 Å². The number of nitrogens with one attached hydrogen (secondary N) is 1. The number of halogens is 1. The van der Waals surface area contributed by atoms with E-state index in [-0.39, 0.29) is 0 Å². The van der Waals surface area contributed by atoms with Gasteiger partial charge < -0.3 is 14.5 Å². The Labute approximate surface area is 127 Å². The topological polar surface area (TPSA) is 34.4 Å². The third kappa shape index (κ3) is 2.72. The van der Waals surface area contributed by atoms with Crippen molar-refractivity contribution in [3.8, 4) is 5.75 Å². The number of benzene rings is 1. The Balaban J connectivity index is 1.96. The van der Waals surface area contributed by atoms with E-state index >= 15 is 0 Å². The van der Waals surface area contributed by atoms with Crippen LogP contribution in [0.15, 0.2) is 27.1 Å². The summed E-state index contributed by atoms with van der Waals surface area (Å²) in [5, 5.41) is 4.71. The summed E-state index contributed by atoms with van der Waals surface area (Å²) in [6.45, 7) is 3.22. The molecule has 1 fully saturated rings. The van der Waals surface area contributed by atoms with Gasteiger partial charge in [0.15, 0.2) is 0 Å². The van der Waals surface area contributed by atoms with E-state index < -0.39 is 0 Å². The van der Waals surface area contributed by atoms with Gasteiger partial charge in [0.1, 0.15) is 17.1 Å². The Bertz CT molecular complexity index is 604. The van der Waals surface area contributed by atoms with E-state index in [2.05, 4.69) is 34.2 Å². The van der Waals surface area contributed by atoms with E-state index in [1.807, 2.05) is 12.1 Å². The molecular formula is C16H20BrNO2. The molecule has 0 radical (unpaired) electrons. The molecule has 1 unspecified atom stereocenters. The van der Waals surface area contributed by atoms with Gasteiger partial charge in [0.2, 0.25) is 0 Å². The van der Waals surface area contributed by atoms with E-state index in [1.54, 1.807) is 7.11 Å². The zero-order valence-corrected chi connectivity index (χ0v) is 13.5. The highest BCUT2D eigenvalue weighted by molar-refractivity contribution is 9.10. The quantitative estimate of drug-likeness (QED) is 0.832. The molecule has 0 aliphatic heterocycles. The van der Waals surface area contributed by atoms with Crippen LogP contribution in [-0.4, -0.2) is 13.7 Å². The van der Waals surface area contributed by atoms with E-state index in [1.165, 1.54) is 12.8 Å². The van der Waals surface area contributed by atoms with Crippen LogP contribution < -0.4 is 10.1 Å². The molecule has 1 aliphatic carbocycles. The highest BCUT2D eigenvalue weighted by Crippen LogP contribution is 2.43. The Morgan fingerprint density at radius 2 is 2.20 bits per heavy atom. The lowest BCUT2D eigenvalue weighted by Crippen LogP contribution is -2.23. The zero-order valence-electron chi connectivity index (χ0n) is 11.9. The summed E-state index contributed by atoms with van der Waals surface area (Å²) in [7, 11) is 1.68. The van der Waals surface area contributed by atoms with Gasteiger partial charge in [-0.05, 0) is 65.9 Å². The van der Waals surface area contributed by atoms with Crippen molar-refractivity contribution in [2.24, 2.45) is 5.92 Å². The second kappa shape index (κ2) is 5.78. The van der Waals surface area contributed by atoms with Crippen LogP contribution in [-0.2, 0) is 0 Å². The molecule has 108 valence electrons. The lowest BCUT2D eigenvalue weighted by molar-refractivity contribution is 0.396. The van der Waals surface area contributed by atoms with Crippen molar-refractivity contribution < 1.29 is 9.15 Å². The molecule has 1 heterocycles. The maximum Gasteiger partial charge on any atom is 0.148 e. The zero-order chi connectivity index (χ0) is 14.1. The predicted octanol–water partition coefficient (Wildman–Crippen LogP) is 4.65. The number of hydrogen-bond acceptors (Lipinski definition) is 3. The minimum absolute atomic E-state index is 0.347. The predicted molar refractivity (Wildman–Crippen MR) is 84.2 cm³/mol. The fourth-order valence-corrected chi connectivity index (χ4v) is 3.14. The molecule has 0 bridgehead atoms. The van der Waals surface area contributed by atoms with Crippen LogP contribution in [0.3, 0.4) is 0 Å². The van der Waals surface area contributed by atoms with Crippen LogP contribution in [0, 0.1) is 5.92 Å². The summed E-state index contributed by atoms with van der Waals surface area (Å²) in [4.78, 5) is 0. The normalized spacial score (nSPS) is 16.6. The molecule has 1 atom stereocenters. The minimum atomic E-state index is 0.347. The molecule has 0 spiro atoms. The van der Waals surface area contributed by atoms with Crippen molar-refractivity contribution in [3.63, 3.8) is 0 Å². The highest BCUT2D eigenvalue weighted by atomic mass is 79.9. The number of rotatable bonds is 6. The second-order valence-corrected chi connectivity index (χ2v) is 6.30. The summed E-state index contributed by atoms with van der Waals surface area (Å²) >= 11 is 3.56. The van der Waals surface area contributed by atoms with Crippen molar-refractivity contribution in [1.29, 1.82) is 0 Å². The first-order chi connectivity index (χ1) is 9.72. The van der Waals surface area contributed by atoms with Crippen LogP contribution in [0.4, 0.5) is 0 Å². The highest BCUT2D eigenvalue weighted by Gasteiger charge is 2.34. The summed E-state index contributed by atoms with van der Waals surface area (Å²) < 4.78 is 12.4. The second-order valence-electron chi connectivity index (χ2n) is 5.45. The number of furan rings is 1. The Morgan fingerprint density at radius 1 is 1.40 bits per heavy atom. The third-order valence-electron chi connectivity index (χ3n) is 3.81. The number of fused-ring (bicyclic) bond motifs is 1. The van der Waals surface area contributed by atoms with Crippen LogP contribution in [0.2, 0.25) is 0 Å². The fourth-order valence-electron chi connectivity index (χ4n) is 2.60. The Kier molecular flexibility index (Phi) is 4.03. The molecule has 1 saturated carbocycles. The summed E-state index contributed by atoms with van der Waals surface area (Å²) in [5.74, 6) is 2.62. The molecule has 0 amide bonds. The number of hydrogen-bond donors (Lipinski definition) is 1. The standard InChI is InChI=1S/C16H20BrNO2/c1-3-6-18-15(10-4-5-10)14-8-11-7-12(19-2)9-13(17)16(11)20-14/h7-10,15,18H,3-6H2,1-2H3. The maximum atomic E-state index is 6.09. The molecule has 4 heteroatoms. The fraction of sp³-hybridized carbons (Fsp3) is 0.500. The molecule has 1 aliphatic rings. The molecule has 1 aromatic heterocycles. The van der Waals surface area contributed by atoms with Gasteiger partial charge in [-0.3, -0.25) is 0 Å². The molecule has 1 aromatic carbocycles. The molecule has 3 nitrogen and oxygen atoms in total. The molecule has 3 rings (SSSR count). The first kappa shape index (κ1) is 14.0. The minimum Gasteiger partial charge on any atom is -0.497 e. The first-order valence-corrected chi connectivity index (χ1v) is 8.02. The average molecular weight is 338 g/mol. The smallest absolute Gasteiger partial charge is 0.148 e. The molecule has 0 saturated heterocycles. The molecule has 1 N–H and O–H groups in total. The number of methoxy groups -OCH3 is 1. The lowest BCUT2D eigenvalue weighted by atomic mass is 10.1. The van der Waals surface area contributed by atoms with Crippen molar-refractivity contribution in [1.82, 2.24) is 5.32 Å². The number of ether oxygens (including phenoxy) is 1. The van der Waals surface area contributed by atoms with Gasteiger partial charge in [-0.2, -0.15) is 0 Å². The molecule has 20 heavy (non-hydrogen) atoms. The van der Waals surface area contributed by atoms with E-state index in [9.17, 15) is 0 Å². The van der Waals surface area contributed by atoms with E-state index in [0.717, 1.165) is 45.8 Å². The largest absolute Gasteiger partial charge is 0.497 e. The van der Waals surface area contributed by atoms with E-state index in [0.29, 0.717) is 6.04 Å². The molecular weight excluding hydrogens is 318 g/mol. The van der Waals surface area contributed by atoms with E-state index in [4.69, 9.17) is 9.15 Å². The van der Waals surface area contributed by atoms with Crippen molar-refractivity contribution in [2.75, 3.05) is 13.7 Å². The van der Waals surface area contributed by atoms with Crippen LogP contribution >= 0.6 is 15.9 Å². The van der Waals surface area contributed by atoms with Crippen molar-refractivity contribution in [3.05, 3.63) is 28.4 Å². The first-order valence-electron chi connectivity index (χ1n) is 7.23. The van der Waals surface area contributed by atoms with Gasteiger partial charge >= 0.3 is 0 Å². The maximum absolute atomic E-state index is 6.09. The van der Waals surface area contributed by atoms with Gasteiger partial charge in [0.25, 0.3) is 0 Å². The van der Waals surface area contributed by atoms with Crippen LogP contribution in [0.5, 0.6) is 5.75 Å². The Morgan fingerprint density at radius 3 is 2.85 bits per heavy atom. The Hall–Kier alpha value is -1.00. The third-order valence-corrected chi connectivity index (χ3v) is 4.40. The average Bonchev–Trinajstić information content (AvgIpc) is 3.18.